The van der Waals surface area contributed by atoms with Crippen molar-refractivity contribution in [2.75, 3.05) is 5.32 Å². The average Bonchev–Trinajstić information content (AvgIpc) is 2.40. The Labute approximate surface area is 98.4 Å². The zero-order valence-electron chi connectivity index (χ0n) is 9.04. The molecule has 0 saturated heterocycles. The van der Waals surface area contributed by atoms with Gasteiger partial charge < -0.3 is 5.32 Å². The van der Waals surface area contributed by atoms with Gasteiger partial charge in [-0.25, -0.2) is 4.98 Å². The van der Waals surface area contributed by atoms with Gasteiger partial charge in [0.25, 0.3) is 0 Å². The first-order valence-electron chi connectivity index (χ1n) is 5.30. The monoisotopic (exact) mass is 222 g/mol. The zero-order chi connectivity index (χ0) is 11.5. The Morgan fingerprint density at radius 2 is 1.88 bits per heavy atom. The minimum atomic E-state index is 0.809. The highest BCUT2D eigenvalue weighted by Gasteiger charge is 2.01. The van der Waals surface area contributed by atoms with Gasteiger partial charge in [-0.1, -0.05) is 6.07 Å². The summed E-state index contributed by atoms with van der Waals surface area (Å²) in [5.74, 6) is 0.809. The van der Waals surface area contributed by atoms with Crippen molar-refractivity contribution in [3.05, 3.63) is 55.1 Å². The van der Waals surface area contributed by atoms with Gasteiger partial charge in [0.05, 0.1) is 11.2 Å². The van der Waals surface area contributed by atoms with Gasteiger partial charge in [0.2, 0.25) is 0 Å². The molecule has 3 aromatic heterocycles. The van der Waals surface area contributed by atoms with Crippen molar-refractivity contribution in [3.8, 4) is 0 Å². The average molecular weight is 222 g/mol. The summed E-state index contributed by atoms with van der Waals surface area (Å²) in [6.45, 7) is 0. The van der Waals surface area contributed by atoms with Crippen LogP contribution in [0, 0.1) is 0 Å². The molecule has 0 unspecified atom stereocenters. The summed E-state index contributed by atoms with van der Waals surface area (Å²) in [4.78, 5) is 12.6. The summed E-state index contributed by atoms with van der Waals surface area (Å²) < 4.78 is 0. The lowest BCUT2D eigenvalue weighted by atomic mass is 10.2. The third kappa shape index (κ3) is 1.92. The van der Waals surface area contributed by atoms with Crippen LogP contribution in [0.15, 0.2) is 55.1 Å². The minimum absolute atomic E-state index is 0.809. The SMILES string of the molecule is c1ccc(Nc2ccnc3ccncc23)nc1. The maximum atomic E-state index is 4.28. The molecule has 0 aliphatic heterocycles. The number of fused-ring (bicyclic) bond motifs is 1. The Morgan fingerprint density at radius 3 is 2.76 bits per heavy atom. The molecule has 82 valence electrons. The van der Waals surface area contributed by atoms with Crippen LogP contribution >= 0.6 is 0 Å². The van der Waals surface area contributed by atoms with E-state index in [2.05, 4.69) is 20.3 Å². The molecule has 4 heteroatoms. The molecule has 0 aliphatic rings. The van der Waals surface area contributed by atoms with Gasteiger partial charge in [0.15, 0.2) is 0 Å². The predicted molar refractivity (Wildman–Crippen MR) is 67.1 cm³/mol. The molecule has 3 heterocycles. The van der Waals surface area contributed by atoms with Crippen LogP contribution < -0.4 is 5.32 Å². The Kier molecular flexibility index (Phi) is 2.38. The van der Waals surface area contributed by atoms with Gasteiger partial charge in [-0.05, 0) is 24.3 Å². The standard InChI is InChI=1S/C13H10N4/c1-2-6-16-13(3-1)17-12-5-8-15-11-4-7-14-9-10(11)12/h1-9H,(H,15,16,17). The highest BCUT2D eigenvalue weighted by molar-refractivity contribution is 5.91. The van der Waals surface area contributed by atoms with Crippen molar-refractivity contribution < 1.29 is 0 Å². The van der Waals surface area contributed by atoms with Crippen molar-refractivity contribution >= 4 is 22.4 Å². The normalized spacial score (nSPS) is 10.4. The van der Waals surface area contributed by atoms with Crippen LogP contribution in [-0.4, -0.2) is 15.0 Å². The maximum absolute atomic E-state index is 4.28. The van der Waals surface area contributed by atoms with Gasteiger partial charge >= 0.3 is 0 Å². The number of hydrogen-bond acceptors (Lipinski definition) is 4. The molecule has 1 N–H and O–H groups in total. The number of hydrogen-bond donors (Lipinski definition) is 1. The highest BCUT2D eigenvalue weighted by Crippen LogP contribution is 2.22. The van der Waals surface area contributed by atoms with Gasteiger partial charge in [-0.3, -0.25) is 9.97 Å². The number of nitrogens with one attached hydrogen (secondary N) is 1. The van der Waals surface area contributed by atoms with E-state index in [0.717, 1.165) is 22.4 Å². The van der Waals surface area contributed by atoms with Crippen molar-refractivity contribution in [3.63, 3.8) is 0 Å². The Morgan fingerprint density at radius 1 is 0.882 bits per heavy atom. The second kappa shape index (κ2) is 4.17. The molecule has 4 nitrogen and oxygen atoms in total. The van der Waals surface area contributed by atoms with E-state index in [-0.39, 0.29) is 0 Å². The van der Waals surface area contributed by atoms with E-state index in [0.29, 0.717) is 0 Å². The first-order valence-corrected chi connectivity index (χ1v) is 5.30. The molecule has 17 heavy (non-hydrogen) atoms. The van der Waals surface area contributed by atoms with Crippen molar-refractivity contribution in [2.45, 2.75) is 0 Å². The molecular formula is C13H10N4. The van der Waals surface area contributed by atoms with Crippen LogP contribution in [0.25, 0.3) is 10.9 Å². The summed E-state index contributed by atoms with van der Waals surface area (Å²) in [5, 5.41) is 4.24. The van der Waals surface area contributed by atoms with Crippen molar-refractivity contribution in [2.24, 2.45) is 0 Å². The topological polar surface area (TPSA) is 50.7 Å². The number of rotatable bonds is 2. The van der Waals surface area contributed by atoms with Crippen LogP contribution in [0.4, 0.5) is 11.5 Å². The van der Waals surface area contributed by atoms with E-state index < -0.39 is 0 Å². The summed E-state index contributed by atoms with van der Waals surface area (Å²) >= 11 is 0. The zero-order valence-corrected chi connectivity index (χ0v) is 9.04. The summed E-state index contributed by atoms with van der Waals surface area (Å²) in [5.41, 5.74) is 1.88. The number of nitrogens with zero attached hydrogens (tertiary/aromatic N) is 3. The molecule has 0 bridgehead atoms. The summed E-state index contributed by atoms with van der Waals surface area (Å²) in [6, 6.07) is 9.55. The third-order valence-corrected chi connectivity index (χ3v) is 2.47. The molecule has 0 amide bonds. The number of aromatic nitrogens is 3. The highest BCUT2D eigenvalue weighted by atomic mass is 15.0. The van der Waals surface area contributed by atoms with E-state index in [1.165, 1.54) is 0 Å². The summed E-state index contributed by atoms with van der Waals surface area (Å²) in [7, 11) is 0. The van der Waals surface area contributed by atoms with Crippen LogP contribution in [-0.2, 0) is 0 Å². The molecule has 0 radical (unpaired) electrons. The maximum Gasteiger partial charge on any atom is 0.130 e. The van der Waals surface area contributed by atoms with E-state index in [1.807, 2.05) is 30.3 Å². The quantitative estimate of drug-likeness (QED) is 0.724. The molecular weight excluding hydrogens is 212 g/mol. The van der Waals surface area contributed by atoms with E-state index in [4.69, 9.17) is 0 Å². The Hall–Kier alpha value is -2.49. The van der Waals surface area contributed by atoms with Crippen molar-refractivity contribution in [1.29, 1.82) is 0 Å². The predicted octanol–water partition coefficient (Wildman–Crippen LogP) is 2.77. The van der Waals surface area contributed by atoms with E-state index >= 15 is 0 Å². The molecule has 3 aromatic rings. The van der Waals surface area contributed by atoms with Crippen molar-refractivity contribution in [1.82, 2.24) is 15.0 Å². The lowest BCUT2D eigenvalue weighted by Gasteiger charge is -2.07. The van der Waals surface area contributed by atoms with E-state index in [1.54, 1.807) is 24.8 Å². The Balaban J connectivity index is 2.06. The number of anilines is 2. The molecule has 0 fully saturated rings. The largest absolute Gasteiger partial charge is 0.340 e. The van der Waals surface area contributed by atoms with E-state index in [9.17, 15) is 0 Å². The molecule has 0 aliphatic carbocycles. The molecule has 0 saturated carbocycles. The van der Waals surface area contributed by atoms with Crippen LogP contribution in [0.5, 0.6) is 0 Å². The fourth-order valence-corrected chi connectivity index (χ4v) is 1.67. The Bertz CT molecular complexity index is 632. The lowest BCUT2D eigenvalue weighted by molar-refractivity contribution is 1.29. The molecule has 0 aromatic carbocycles. The first kappa shape index (κ1) is 9.72. The number of pyridine rings is 3. The van der Waals surface area contributed by atoms with Crippen LogP contribution in [0.3, 0.4) is 0 Å². The summed E-state index contributed by atoms with van der Waals surface area (Å²) in [6.07, 6.45) is 7.06. The second-order valence-electron chi connectivity index (χ2n) is 3.59. The van der Waals surface area contributed by atoms with Crippen LogP contribution in [0.2, 0.25) is 0 Å². The van der Waals surface area contributed by atoms with Gasteiger partial charge in [-0.2, -0.15) is 0 Å². The fraction of sp³-hybridized carbons (Fsp3) is 0. The minimum Gasteiger partial charge on any atom is -0.340 e. The molecule has 0 spiro atoms. The van der Waals surface area contributed by atoms with Gasteiger partial charge in [0.1, 0.15) is 5.82 Å². The second-order valence-corrected chi connectivity index (χ2v) is 3.59. The smallest absolute Gasteiger partial charge is 0.130 e. The van der Waals surface area contributed by atoms with Gasteiger partial charge in [0, 0.05) is 30.2 Å². The third-order valence-electron chi connectivity index (χ3n) is 2.47. The lowest BCUT2D eigenvalue weighted by Crippen LogP contribution is -1.94. The fourth-order valence-electron chi connectivity index (χ4n) is 1.67. The molecule has 3 rings (SSSR count). The van der Waals surface area contributed by atoms with Crippen LogP contribution in [0.1, 0.15) is 0 Å². The molecule has 0 atom stereocenters. The van der Waals surface area contributed by atoms with Gasteiger partial charge in [-0.15, -0.1) is 0 Å². The first-order chi connectivity index (χ1) is 8.43.